The predicted octanol–water partition coefficient (Wildman–Crippen LogP) is 2.84. The molecule has 1 saturated heterocycles. The smallest absolute Gasteiger partial charge is 0.224 e. The molecule has 1 aromatic rings. The normalized spacial score (nSPS) is 18.0. The van der Waals surface area contributed by atoms with Gasteiger partial charge in [-0.3, -0.25) is 9.79 Å². The molecular weight excluding hydrogens is 465 g/mol. The quantitative estimate of drug-likeness (QED) is 0.359. The van der Waals surface area contributed by atoms with E-state index >= 15 is 0 Å². The lowest BCUT2D eigenvalue weighted by Crippen LogP contribution is -2.49. The topological polar surface area (TPSA) is 60.0 Å². The Kier molecular flexibility index (Phi) is 9.87. The maximum absolute atomic E-state index is 12.5. The van der Waals surface area contributed by atoms with Crippen LogP contribution >= 0.6 is 24.0 Å². The van der Waals surface area contributed by atoms with Crippen LogP contribution in [-0.2, 0) is 4.79 Å². The van der Waals surface area contributed by atoms with Crippen molar-refractivity contribution in [3.63, 3.8) is 0 Å². The van der Waals surface area contributed by atoms with Crippen LogP contribution in [0.15, 0.2) is 35.3 Å². The molecule has 3 rings (SSSR count). The number of piperazine rings is 1. The summed E-state index contributed by atoms with van der Waals surface area (Å²) in [5, 5.41) is 6.80. The van der Waals surface area contributed by atoms with Gasteiger partial charge in [0.25, 0.3) is 0 Å². The zero-order valence-electron chi connectivity index (χ0n) is 16.9. The van der Waals surface area contributed by atoms with Gasteiger partial charge in [0.2, 0.25) is 5.91 Å². The average Bonchev–Trinajstić information content (AvgIpc) is 3.22. The van der Waals surface area contributed by atoms with Gasteiger partial charge in [-0.1, -0.05) is 31.0 Å². The number of hydrogen-bond donors (Lipinski definition) is 2. The number of carbonyl (C=O) groups excluding carboxylic acids is 1. The molecule has 156 valence electrons. The van der Waals surface area contributed by atoms with Gasteiger partial charge in [-0.15, -0.1) is 24.0 Å². The maximum Gasteiger partial charge on any atom is 0.224 e. The minimum atomic E-state index is 0. The van der Waals surface area contributed by atoms with Crippen LogP contribution in [-0.4, -0.2) is 62.1 Å². The molecule has 1 aliphatic heterocycles. The monoisotopic (exact) mass is 499 g/mol. The Balaban J connectivity index is 0.00000280. The van der Waals surface area contributed by atoms with E-state index in [2.05, 4.69) is 51.7 Å². The number of amides is 1. The number of para-hydroxylation sites is 1. The molecule has 0 spiro atoms. The highest BCUT2D eigenvalue weighted by atomic mass is 127. The zero-order chi connectivity index (χ0) is 18.9. The second-order valence-corrected chi connectivity index (χ2v) is 7.34. The molecule has 0 atom stereocenters. The first kappa shape index (κ1) is 22.8. The van der Waals surface area contributed by atoms with Crippen molar-refractivity contribution in [3.05, 3.63) is 30.3 Å². The molecule has 2 fully saturated rings. The van der Waals surface area contributed by atoms with E-state index in [4.69, 9.17) is 0 Å². The van der Waals surface area contributed by atoms with Gasteiger partial charge in [-0.2, -0.15) is 0 Å². The first-order chi connectivity index (χ1) is 13.3. The van der Waals surface area contributed by atoms with E-state index in [0.717, 1.165) is 38.7 Å². The SMILES string of the molecule is CCNC(=NCCC(=O)N1CCN(c2ccccc2)CC1)NC1CCCC1.I. The molecule has 1 aromatic carbocycles. The van der Waals surface area contributed by atoms with E-state index in [1.54, 1.807) is 0 Å². The van der Waals surface area contributed by atoms with Crippen molar-refractivity contribution in [2.75, 3.05) is 44.2 Å². The highest BCUT2D eigenvalue weighted by Crippen LogP contribution is 2.17. The molecule has 1 saturated carbocycles. The van der Waals surface area contributed by atoms with Crippen molar-refractivity contribution in [1.29, 1.82) is 0 Å². The van der Waals surface area contributed by atoms with Gasteiger partial charge in [0.15, 0.2) is 5.96 Å². The summed E-state index contributed by atoms with van der Waals surface area (Å²) >= 11 is 0. The van der Waals surface area contributed by atoms with Crippen molar-refractivity contribution < 1.29 is 4.79 Å². The Bertz CT molecular complexity index is 610. The third-order valence-corrected chi connectivity index (χ3v) is 5.39. The molecule has 1 aliphatic carbocycles. The average molecular weight is 499 g/mol. The van der Waals surface area contributed by atoms with Crippen LogP contribution in [0.2, 0.25) is 0 Å². The number of anilines is 1. The lowest BCUT2D eigenvalue weighted by molar-refractivity contribution is -0.131. The fraction of sp³-hybridized carbons (Fsp3) is 0.619. The van der Waals surface area contributed by atoms with Crippen molar-refractivity contribution in [3.8, 4) is 0 Å². The third-order valence-electron chi connectivity index (χ3n) is 5.39. The molecule has 0 bridgehead atoms. The van der Waals surface area contributed by atoms with Gasteiger partial charge in [0.05, 0.1) is 6.54 Å². The summed E-state index contributed by atoms with van der Waals surface area (Å²) in [6.07, 6.45) is 5.51. The van der Waals surface area contributed by atoms with E-state index in [9.17, 15) is 4.79 Å². The van der Waals surface area contributed by atoms with E-state index in [0.29, 0.717) is 19.0 Å². The Labute approximate surface area is 186 Å². The molecule has 2 N–H and O–H groups in total. The molecule has 0 aromatic heterocycles. The molecule has 1 heterocycles. The summed E-state index contributed by atoms with van der Waals surface area (Å²) in [6.45, 7) is 6.82. The summed E-state index contributed by atoms with van der Waals surface area (Å²) in [5.74, 6) is 1.06. The number of halogens is 1. The van der Waals surface area contributed by atoms with Crippen molar-refractivity contribution in [2.24, 2.45) is 4.99 Å². The van der Waals surface area contributed by atoms with Crippen LogP contribution in [0, 0.1) is 0 Å². The van der Waals surface area contributed by atoms with Crippen LogP contribution < -0.4 is 15.5 Å². The minimum absolute atomic E-state index is 0. The first-order valence-corrected chi connectivity index (χ1v) is 10.4. The number of aliphatic imine (C=N–C) groups is 1. The summed E-state index contributed by atoms with van der Waals surface area (Å²) < 4.78 is 0. The lowest BCUT2D eigenvalue weighted by atomic mass is 10.2. The van der Waals surface area contributed by atoms with Crippen molar-refractivity contribution >= 4 is 41.5 Å². The molecule has 1 amide bonds. The van der Waals surface area contributed by atoms with Crippen LogP contribution in [0.3, 0.4) is 0 Å². The summed E-state index contributed by atoms with van der Waals surface area (Å²) in [5.41, 5.74) is 1.24. The van der Waals surface area contributed by atoms with Gasteiger partial charge in [-0.25, -0.2) is 0 Å². The largest absolute Gasteiger partial charge is 0.368 e. The standard InChI is InChI=1S/C21H33N5O.HI/c1-2-22-21(24-18-8-6-7-9-18)23-13-12-20(27)26-16-14-25(15-17-26)19-10-4-3-5-11-19;/h3-5,10-11,18H,2,6-9,12-17H2,1H3,(H2,22,23,24);1H. The molecule has 7 heteroatoms. The van der Waals surface area contributed by atoms with E-state index < -0.39 is 0 Å². The highest BCUT2D eigenvalue weighted by molar-refractivity contribution is 14.0. The van der Waals surface area contributed by atoms with Gasteiger partial charge < -0.3 is 20.4 Å². The zero-order valence-corrected chi connectivity index (χ0v) is 19.2. The van der Waals surface area contributed by atoms with Gasteiger partial charge in [0.1, 0.15) is 0 Å². The number of rotatable bonds is 6. The number of nitrogens with one attached hydrogen (secondary N) is 2. The van der Waals surface area contributed by atoms with Gasteiger partial charge >= 0.3 is 0 Å². The third kappa shape index (κ3) is 6.83. The molecule has 28 heavy (non-hydrogen) atoms. The first-order valence-electron chi connectivity index (χ1n) is 10.4. The molecular formula is C21H34IN5O. The molecule has 0 unspecified atom stereocenters. The molecule has 0 radical (unpaired) electrons. The van der Waals surface area contributed by atoms with E-state index in [1.165, 1.54) is 31.4 Å². The number of nitrogens with zero attached hydrogens (tertiary/aromatic N) is 3. The summed E-state index contributed by atoms with van der Waals surface area (Å²) in [6, 6.07) is 11.0. The lowest BCUT2D eigenvalue weighted by Gasteiger charge is -2.36. The van der Waals surface area contributed by atoms with Crippen molar-refractivity contribution in [2.45, 2.75) is 45.1 Å². The number of hydrogen-bond acceptors (Lipinski definition) is 3. The van der Waals surface area contributed by atoms with Crippen LogP contribution in [0.1, 0.15) is 39.0 Å². The van der Waals surface area contributed by atoms with Crippen molar-refractivity contribution in [1.82, 2.24) is 15.5 Å². The predicted molar refractivity (Wildman–Crippen MR) is 127 cm³/mol. The number of carbonyl (C=O) groups is 1. The highest BCUT2D eigenvalue weighted by Gasteiger charge is 2.21. The fourth-order valence-electron chi connectivity index (χ4n) is 3.86. The number of benzene rings is 1. The Morgan fingerprint density at radius 1 is 1.11 bits per heavy atom. The second kappa shape index (κ2) is 12.1. The van der Waals surface area contributed by atoms with E-state index in [-0.39, 0.29) is 29.9 Å². The van der Waals surface area contributed by atoms with Crippen LogP contribution in [0.4, 0.5) is 5.69 Å². The van der Waals surface area contributed by atoms with Crippen LogP contribution in [0.25, 0.3) is 0 Å². The molecule has 6 nitrogen and oxygen atoms in total. The number of guanidine groups is 1. The van der Waals surface area contributed by atoms with E-state index in [1.807, 2.05) is 11.0 Å². The Morgan fingerprint density at radius 2 is 1.79 bits per heavy atom. The summed E-state index contributed by atoms with van der Waals surface area (Å²) in [4.78, 5) is 21.5. The maximum atomic E-state index is 12.5. The second-order valence-electron chi connectivity index (χ2n) is 7.34. The summed E-state index contributed by atoms with van der Waals surface area (Å²) in [7, 11) is 0. The Hall–Kier alpha value is -1.51. The van der Waals surface area contributed by atoms with Gasteiger partial charge in [-0.05, 0) is 31.9 Å². The van der Waals surface area contributed by atoms with Gasteiger partial charge in [0, 0.05) is 50.9 Å². The molecule has 2 aliphatic rings. The Morgan fingerprint density at radius 3 is 2.43 bits per heavy atom. The van der Waals surface area contributed by atoms with Crippen LogP contribution in [0.5, 0.6) is 0 Å². The minimum Gasteiger partial charge on any atom is -0.368 e. The fourth-order valence-corrected chi connectivity index (χ4v) is 3.86.